The average Bonchev–Trinajstić information content (AvgIpc) is 2.38. The zero-order valence-corrected chi connectivity index (χ0v) is 10.3. The van der Waals surface area contributed by atoms with Crippen LogP contribution in [0.15, 0.2) is 24.4 Å². The summed E-state index contributed by atoms with van der Waals surface area (Å²) in [6.45, 7) is 0. The van der Waals surface area contributed by atoms with E-state index in [1.54, 1.807) is 24.4 Å². The Morgan fingerprint density at radius 1 is 1.32 bits per heavy atom. The molecule has 2 amide bonds. The van der Waals surface area contributed by atoms with Crippen molar-refractivity contribution in [2.45, 2.75) is 31.7 Å². The Balaban J connectivity index is 2.22. The molecule has 0 bridgehead atoms. The summed E-state index contributed by atoms with van der Waals surface area (Å²) in [6, 6.07) is 3.96. The number of carbonyl (C=O) groups excluding carboxylic acids is 2. The summed E-state index contributed by atoms with van der Waals surface area (Å²) in [4.78, 5) is 39.8. The van der Waals surface area contributed by atoms with Gasteiger partial charge < -0.3 is 5.11 Å². The van der Waals surface area contributed by atoms with Crippen LogP contribution in [-0.4, -0.2) is 38.8 Å². The van der Waals surface area contributed by atoms with E-state index in [1.165, 1.54) is 0 Å². The fourth-order valence-corrected chi connectivity index (χ4v) is 2.12. The van der Waals surface area contributed by atoms with Gasteiger partial charge in [-0.25, -0.2) is 4.79 Å². The minimum Gasteiger partial charge on any atom is -0.480 e. The van der Waals surface area contributed by atoms with E-state index in [4.69, 9.17) is 0 Å². The van der Waals surface area contributed by atoms with Gasteiger partial charge in [0.25, 0.3) is 0 Å². The van der Waals surface area contributed by atoms with E-state index in [9.17, 15) is 19.5 Å². The smallest absolute Gasteiger partial charge is 0.327 e. The molecule has 2 heterocycles. The van der Waals surface area contributed by atoms with Crippen molar-refractivity contribution < 1.29 is 19.5 Å². The predicted molar refractivity (Wildman–Crippen MR) is 65.1 cm³/mol. The van der Waals surface area contributed by atoms with E-state index in [0.717, 1.165) is 4.90 Å². The molecule has 0 saturated carbocycles. The van der Waals surface area contributed by atoms with Gasteiger partial charge in [-0.3, -0.25) is 19.5 Å². The number of likely N-dealkylation sites (tertiary alicyclic amines) is 1. The molecule has 0 radical (unpaired) electrons. The molecule has 1 aliphatic rings. The molecular formula is C13H14N2O4. The second-order valence-electron chi connectivity index (χ2n) is 4.39. The molecule has 1 N–H and O–H groups in total. The van der Waals surface area contributed by atoms with Gasteiger partial charge in [0.2, 0.25) is 11.8 Å². The summed E-state index contributed by atoms with van der Waals surface area (Å²) in [6.07, 6.45) is 2.52. The molecule has 100 valence electrons. The third-order valence-electron chi connectivity index (χ3n) is 3.04. The molecule has 1 fully saturated rings. The molecule has 1 saturated heterocycles. The van der Waals surface area contributed by atoms with Gasteiger partial charge in [-0.05, 0) is 18.6 Å². The maximum Gasteiger partial charge on any atom is 0.327 e. The quantitative estimate of drug-likeness (QED) is 0.803. The Labute approximate surface area is 110 Å². The first-order valence-electron chi connectivity index (χ1n) is 6.07. The molecule has 6 nitrogen and oxygen atoms in total. The molecule has 2 rings (SSSR count). The van der Waals surface area contributed by atoms with Crippen LogP contribution in [0, 0.1) is 0 Å². The first-order valence-corrected chi connectivity index (χ1v) is 6.07. The number of aliphatic carboxylic acids is 1. The van der Waals surface area contributed by atoms with Crippen LogP contribution in [0.4, 0.5) is 0 Å². The molecule has 0 aliphatic carbocycles. The number of piperidine rings is 1. The lowest BCUT2D eigenvalue weighted by molar-refractivity contribution is -0.160. The molecule has 0 spiro atoms. The van der Waals surface area contributed by atoms with Gasteiger partial charge in [0.05, 0.1) is 0 Å². The minimum atomic E-state index is -1.19. The van der Waals surface area contributed by atoms with Crippen molar-refractivity contribution in [2.24, 2.45) is 0 Å². The molecule has 19 heavy (non-hydrogen) atoms. The lowest BCUT2D eigenvalue weighted by Crippen LogP contribution is -2.51. The van der Waals surface area contributed by atoms with Crippen LogP contribution in [0.5, 0.6) is 0 Å². The number of carbonyl (C=O) groups is 3. The van der Waals surface area contributed by atoms with E-state index >= 15 is 0 Å². The molecular weight excluding hydrogens is 248 g/mol. The second-order valence-corrected chi connectivity index (χ2v) is 4.39. The molecule has 1 atom stereocenters. The standard InChI is InChI=1S/C13H14N2O4/c16-11-5-3-6-12(17)15(11)10(13(18)19)8-9-4-1-2-7-14-9/h1-2,4,7,10H,3,5-6,8H2,(H,18,19). The summed E-state index contributed by atoms with van der Waals surface area (Å²) >= 11 is 0. The maximum absolute atomic E-state index is 11.8. The van der Waals surface area contributed by atoms with E-state index < -0.39 is 23.8 Å². The predicted octanol–water partition coefficient (Wildman–Crippen LogP) is 0.616. The lowest BCUT2D eigenvalue weighted by Gasteiger charge is -2.30. The van der Waals surface area contributed by atoms with Crippen molar-refractivity contribution >= 4 is 17.8 Å². The number of carboxylic acid groups (broad SMARTS) is 1. The van der Waals surface area contributed by atoms with Crippen molar-refractivity contribution in [3.63, 3.8) is 0 Å². The minimum absolute atomic E-state index is 0.0354. The number of pyridine rings is 1. The number of hydrogen-bond donors (Lipinski definition) is 1. The Hall–Kier alpha value is -2.24. The fraction of sp³-hybridized carbons (Fsp3) is 0.385. The summed E-state index contributed by atoms with van der Waals surface area (Å²) in [5.41, 5.74) is 0.543. The Morgan fingerprint density at radius 3 is 2.53 bits per heavy atom. The largest absolute Gasteiger partial charge is 0.480 e. The number of hydrogen-bond acceptors (Lipinski definition) is 4. The Bertz CT molecular complexity index is 485. The first kappa shape index (κ1) is 13.2. The molecule has 0 aromatic carbocycles. The van der Waals surface area contributed by atoms with Gasteiger partial charge in [-0.2, -0.15) is 0 Å². The molecule has 1 aromatic rings. The van der Waals surface area contributed by atoms with Crippen molar-refractivity contribution in [1.29, 1.82) is 0 Å². The van der Waals surface area contributed by atoms with Gasteiger partial charge in [-0.1, -0.05) is 6.07 Å². The van der Waals surface area contributed by atoms with Crippen molar-refractivity contribution in [3.8, 4) is 0 Å². The number of nitrogens with zero attached hydrogens (tertiary/aromatic N) is 2. The van der Waals surface area contributed by atoms with Crippen molar-refractivity contribution in [1.82, 2.24) is 9.88 Å². The number of aromatic nitrogens is 1. The van der Waals surface area contributed by atoms with Gasteiger partial charge in [0.15, 0.2) is 0 Å². The van der Waals surface area contributed by atoms with Crippen LogP contribution < -0.4 is 0 Å². The number of carboxylic acids is 1. The SMILES string of the molecule is O=C(O)C(Cc1ccccn1)N1C(=O)CCCC1=O. The highest BCUT2D eigenvalue weighted by atomic mass is 16.4. The highest BCUT2D eigenvalue weighted by molar-refractivity contribution is 6.01. The number of imide groups is 1. The normalized spacial score (nSPS) is 17.4. The second kappa shape index (κ2) is 5.60. The zero-order valence-electron chi connectivity index (χ0n) is 10.3. The van der Waals surface area contributed by atoms with Crippen molar-refractivity contribution in [3.05, 3.63) is 30.1 Å². The highest BCUT2D eigenvalue weighted by Gasteiger charge is 2.36. The van der Waals surface area contributed by atoms with Gasteiger partial charge in [0.1, 0.15) is 6.04 Å². The van der Waals surface area contributed by atoms with Gasteiger partial charge >= 0.3 is 5.97 Å². The van der Waals surface area contributed by atoms with E-state index in [2.05, 4.69) is 4.98 Å². The summed E-state index contributed by atoms with van der Waals surface area (Å²) in [7, 11) is 0. The van der Waals surface area contributed by atoms with Gasteiger partial charge in [0, 0.05) is 31.2 Å². The van der Waals surface area contributed by atoms with Crippen molar-refractivity contribution in [2.75, 3.05) is 0 Å². The number of amides is 2. The molecule has 1 aromatic heterocycles. The monoisotopic (exact) mass is 262 g/mol. The lowest BCUT2D eigenvalue weighted by atomic mass is 10.0. The molecule has 6 heteroatoms. The zero-order chi connectivity index (χ0) is 13.8. The topological polar surface area (TPSA) is 87.6 Å². The maximum atomic E-state index is 11.8. The Morgan fingerprint density at radius 2 is 2.00 bits per heavy atom. The van der Waals surface area contributed by atoms with Crippen LogP contribution in [0.2, 0.25) is 0 Å². The third kappa shape index (κ3) is 2.96. The van der Waals surface area contributed by atoms with Crippen LogP contribution in [0.1, 0.15) is 25.0 Å². The highest BCUT2D eigenvalue weighted by Crippen LogP contribution is 2.18. The average molecular weight is 262 g/mol. The van der Waals surface area contributed by atoms with Gasteiger partial charge in [-0.15, -0.1) is 0 Å². The fourth-order valence-electron chi connectivity index (χ4n) is 2.12. The summed E-state index contributed by atoms with van der Waals surface area (Å²) in [5, 5.41) is 9.25. The molecule has 1 unspecified atom stereocenters. The van der Waals surface area contributed by atoms with Crippen LogP contribution in [0.3, 0.4) is 0 Å². The van der Waals surface area contributed by atoms with Crippen LogP contribution in [0.25, 0.3) is 0 Å². The Kier molecular flexibility index (Phi) is 3.89. The van der Waals surface area contributed by atoms with E-state index in [-0.39, 0.29) is 19.3 Å². The number of rotatable bonds is 4. The van der Waals surface area contributed by atoms with E-state index in [0.29, 0.717) is 12.1 Å². The molecule has 1 aliphatic heterocycles. The summed E-state index contributed by atoms with van der Waals surface area (Å²) < 4.78 is 0. The third-order valence-corrected chi connectivity index (χ3v) is 3.04. The van der Waals surface area contributed by atoms with E-state index in [1.807, 2.05) is 0 Å². The van der Waals surface area contributed by atoms with Crippen LogP contribution in [-0.2, 0) is 20.8 Å². The van der Waals surface area contributed by atoms with Crippen LogP contribution >= 0.6 is 0 Å². The summed E-state index contributed by atoms with van der Waals surface area (Å²) in [5.74, 6) is -2.02. The first-order chi connectivity index (χ1) is 9.09.